The second kappa shape index (κ2) is 8.33. The summed E-state index contributed by atoms with van der Waals surface area (Å²) in [5, 5.41) is 3.69. The topological polar surface area (TPSA) is 87.1 Å². The number of amides is 2. The van der Waals surface area contributed by atoms with Crippen LogP contribution in [0.3, 0.4) is 0 Å². The molecule has 0 bridgehead atoms. The predicted molar refractivity (Wildman–Crippen MR) is 123 cm³/mol. The van der Waals surface area contributed by atoms with Crippen molar-refractivity contribution in [2.24, 2.45) is 0 Å². The molecule has 3 N–H and O–H groups in total. The molecule has 3 heterocycles. The first kappa shape index (κ1) is 19.5. The van der Waals surface area contributed by atoms with E-state index < -0.39 is 11.8 Å². The van der Waals surface area contributed by atoms with Gasteiger partial charge in [0.05, 0.1) is 9.77 Å². The first-order chi connectivity index (χ1) is 15.2. The zero-order chi connectivity index (χ0) is 21.2. The van der Waals surface area contributed by atoms with Crippen LogP contribution in [0.25, 0.3) is 21.9 Å². The minimum absolute atomic E-state index is 0.199. The molecule has 8 heteroatoms. The molecule has 0 aliphatic heterocycles. The summed E-state index contributed by atoms with van der Waals surface area (Å²) in [6.45, 7) is 0. The summed E-state index contributed by atoms with van der Waals surface area (Å²) in [7, 11) is 0. The van der Waals surface area contributed by atoms with Crippen molar-refractivity contribution in [1.29, 1.82) is 0 Å². The normalized spacial score (nSPS) is 11.1. The van der Waals surface area contributed by atoms with Crippen molar-refractivity contribution in [3.8, 4) is 0 Å². The highest BCUT2D eigenvalue weighted by Crippen LogP contribution is 2.33. The Morgan fingerprint density at radius 2 is 1.71 bits per heavy atom. The van der Waals surface area contributed by atoms with Gasteiger partial charge >= 0.3 is 5.91 Å². The van der Waals surface area contributed by atoms with Gasteiger partial charge in [-0.25, -0.2) is 0 Å². The third kappa shape index (κ3) is 3.83. The van der Waals surface area contributed by atoms with Crippen LogP contribution < -0.4 is 10.9 Å². The number of aromatic amines is 1. The Hall–Kier alpha value is -3.49. The van der Waals surface area contributed by atoms with Crippen molar-refractivity contribution in [3.63, 3.8) is 0 Å². The lowest BCUT2D eigenvalue weighted by Gasteiger charge is -2.07. The van der Waals surface area contributed by atoms with E-state index in [0.717, 1.165) is 26.1 Å². The van der Waals surface area contributed by atoms with Crippen LogP contribution in [0.15, 0.2) is 80.9 Å². The van der Waals surface area contributed by atoms with Crippen molar-refractivity contribution in [2.75, 3.05) is 0 Å². The maximum absolute atomic E-state index is 12.9. The Morgan fingerprint density at radius 3 is 2.55 bits per heavy atom. The second-order valence-corrected chi connectivity index (χ2v) is 9.01. The van der Waals surface area contributed by atoms with Crippen LogP contribution >= 0.6 is 23.1 Å². The minimum atomic E-state index is -0.494. The van der Waals surface area contributed by atoms with Crippen LogP contribution in [-0.4, -0.2) is 16.8 Å². The number of H-pyrrole nitrogens is 1. The molecule has 3 aromatic heterocycles. The molecule has 0 aliphatic rings. The molecule has 0 spiro atoms. The number of thiophene rings is 1. The van der Waals surface area contributed by atoms with Crippen molar-refractivity contribution in [2.45, 2.75) is 9.96 Å². The van der Waals surface area contributed by atoms with Gasteiger partial charge in [0.25, 0.3) is 5.91 Å². The Morgan fingerprint density at radius 1 is 0.935 bits per heavy atom. The van der Waals surface area contributed by atoms with E-state index in [0.29, 0.717) is 16.9 Å². The van der Waals surface area contributed by atoms with E-state index in [2.05, 4.69) is 15.8 Å². The molecule has 2 amide bonds. The van der Waals surface area contributed by atoms with Gasteiger partial charge in [0.1, 0.15) is 5.58 Å². The molecule has 6 nitrogen and oxygen atoms in total. The largest absolute Gasteiger partial charge is 0.451 e. The summed E-state index contributed by atoms with van der Waals surface area (Å²) in [6.07, 6.45) is 1.62. The van der Waals surface area contributed by atoms with Crippen molar-refractivity contribution in [3.05, 3.63) is 89.1 Å². The molecule has 31 heavy (non-hydrogen) atoms. The van der Waals surface area contributed by atoms with Crippen LogP contribution in [0, 0.1) is 0 Å². The third-order valence-electron chi connectivity index (χ3n) is 4.88. The summed E-state index contributed by atoms with van der Waals surface area (Å²) in [5.74, 6) is -0.122. The Bertz CT molecular complexity index is 1390. The zero-order valence-electron chi connectivity index (χ0n) is 16.2. The maximum atomic E-state index is 12.9. The number of para-hydroxylation sites is 2. The third-order valence-corrected chi connectivity index (χ3v) is 7.04. The highest BCUT2D eigenvalue weighted by Gasteiger charge is 2.22. The molecule has 0 aliphatic carbocycles. The van der Waals surface area contributed by atoms with Gasteiger partial charge in [0, 0.05) is 33.8 Å². The average molecular weight is 448 g/mol. The highest BCUT2D eigenvalue weighted by atomic mass is 32.2. The average Bonchev–Trinajstić information content (AvgIpc) is 3.54. The van der Waals surface area contributed by atoms with Gasteiger partial charge in [-0.1, -0.05) is 42.5 Å². The van der Waals surface area contributed by atoms with Crippen LogP contribution in [0.5, 0.6) is 0 Å². The Kier molecular flexibility index (Phi) is 5.23. The van der Waals surface area contributed by atoms with Gasteiger partial charge in [-0.3, -0.25) is 20.4 Å². The van der Waals surface area contributed by atoms with Gasteiger partial charge in [-0.15, -0.1) is 23.1 Å². The van der Waals surface area contributed by atoms with Crippen LogP contribution in [0.2, 0.25) is 0 Å². The molecule has 5 rings (SSSR count). The molecule has 0 saturated carbocycles. The SMILES string of the molecule is O=C(NNC(=O)c1c[nH]c2ccccc12)c1oc2ccccc2c1CSc1cccs1. The Labute approximate surface area is 185 Å². The molecule has 0 atom stereocenters. The lowest BCUT2D eigenvalue weighted by atomic mass is 10.1. The molecular weight excluding hydrogens is 430 g/mol. The van der Waals surface area contributed by atoms with Crippen LogP contribution in [0.1, 0.15) is 26.5 Å². The number of hydrazine groups is 1. The van der Waals surface area contributed by atoms with Crippen molar-refractivity contribution in [1.82, 2.24) is 15.8 Å². The number of carbonyl (C=O) groups is 2. The van der Waals surface area contributed by atoms with E-state index >= 15 is 0 Å². The fraction of sp³-hybridized carbons (Fsp3) is 0.0435. The van der Waals surface area contributed by atoms with E-state index in [1.807, 2.05) is 66.0 Å². The molecule has 2 aromatic carbocycles. The lowest BCUT2D eigenvalue weighted by molar-refractivity contribution is 0.0832. The summed E-state index contributed by atoms with van der Waals surface area (Å²) in [5.41, 5.74) is 7.73. The van der Waals surface area contributed by atoms with E-state index in [1.54, 1.807) is 29.3 Å². The number of hydrogen-bond donors (Lipinski definition) is 3. The van der Waals surface area contributed by atoms with Gasteiger partial charge in [0.2, 0.25) is 0 Å². The monoisotopic (exact) mass is 447 g/mol. The summed E-state index contributed by atoms with van der Waals surface area (Å²) < 4.78 is 7.00. The lowest BCUT2D eigenvalue weighted by Crippen LogP contribution is -2.41. The second-order valence-electron chi connectivity index (χ2n) is 6.78. The molecule has 0 fully saturated rings. The summed E-state index contributed by atoms with van der Waals surface area (Å²) in [4.78, 5) is 28.6. The number of rotatable bonds is 5. The minimum Gasteiger partial charge on any atom is -0.451 e. The van der Waals surface area contributed by atoms with E-state index in [4.69, 9.17) is 4.42 Å². The fourth-order valence-electron chi connectivity index (χ4n) is 3.41. The molecule has 0 saturated heterocycles. The number of aromatic nitrogens is 1. The van der Waals surface area contributed by atoms with E-state index in [-0.39, 0.29) is 5.76 Å². The fourth-order valence-corrected chi connectivity index (χ4v) is 5.22. The highest BCUT2D eigenvalue weighted by molar-refractivity contribution is 8.00. The molecular formula is C23H17N3O3S2. The molecule has 5 aromatic rings. The van der Waals surface area contributed by atoms with Gasteiger partial charge < -0.3 is 9.40 Å². The predicted octanol–water partition coefficient (Wildman–Crippen LogP) is 5.34. The van der Waals surface area contributed by atoms with E-state index in [1.165, 1.54) is 0 Å². The van der Waals surface area contributed by atoms with Gasteiger partial charge in [0.15, 0.2) is 5.76 Å². The first-order valence-electron chi connectivity index (χ1n) is 9.54. The van der Waals surface area contributed by atoms with Crippen molar-refractivity contribution >= 4 is 56.8 Å². The standard InChI is InChI=1S/C23H17N3O3S2/c27-22(16-12-24-18-8-3-1-6-14(16)18)25-26-23(28)21-17(13-31-20-10-5-11-30-20)15-7-2-4-9-19(15)29-21/h1-12,24H,13H2,(H,25,27)(H,26,28). The van der Waals surface area contributed by atoms with Crippen LogP contribution in [-0.2, 0) is 5.75 Å². The number of nitrogens with one attached hydrogen (secondary N) is 3. The molecule has 0 unspecified atom stereocenters. The first-order valence-corrected chi connectivity index (χ1v) is 11.4. The maximum Gasteiger partial charge on any atom is 0.305 e. The van der Waals surface area contributed by atoms with E-state index in [9.17, 15) is 9.59 Å². The number of thioether (sulfide) groups is 1. The number of fused-ring (bicyclic) bond motifs is 2. The van der Waals surface area contributed by atoms with Gasteiger partial charge in [-0.2, -0.15) is 0 Å². The van der Waals surface area contributed by atoms with Crippen molar-refractivity contribution < 1.29 is 14.0 Å². The smallest absolute Gasteiger partial charge is 0.305 e. The number of benzene rings is 2. The summed E-state index contributed by atoms with van der Waals surface area (Å²) >= 11 is 3.29. The molecule has 154 valence electrons. The quantitative estimate of drug-likeness (QED) is 0.251. The molecule has 0 radical (unpaired) electrons. The van der Waals surface area contributed by atoms with Gasteiger partial charge in [-0.05, 0) is 23.6 Å². The summed E-state index contributed by atoms with van der Waals surface area (Å²) in [6, 6.07) is 19.1. The number of hydrogen-bond acceptors (Lipinski definition) is 5. The number of furan rings is 1. The zero-order valence-corrected chi connectivity index (χ0v) is 17.8. The van der Waals surface area contributed by atoms with Crippen LogP contribution in [0.4, 0.5) is 0 Å². The Balaban J connectivity index is 1.36. The number of carbonyl (C=O) groups excluding carboxylic acids is 2.